The Kier molecular flexibility index (Phi) is 6.03. The normalized spacial score (nSPS) is 10.9. The number of ether oxygens (including phenoxy) is 1. The average molecular weight is 393 g/mol. The lowest BCUT2D eigenvalue weighted by atomic mass is 10.0. The van der Waals surface area contributed by atoms with Crippen LogP contribution in [0.15, 0.2) is 59.7 Å². The van der Waals surface area contributed by atoms with Crippen molar-refractivity contribution < 1.29 is 19.6 Å². The van der Waals surface area contributed by atoms with Gasteiger partial charge in [0, 0.05) is 11.6 Å². The molecular formula is C21H19N3O5. The van der Waals surface area contributed by atoms with Crippen LogP contribution < -0.4 is 10.2 Å². The van der Waals surface area contributed by atoms with Gasteiger partial charge < -0.3 is 9.84 Å². The van der Waals surface area contributed by atoms with Crippen molar-refractivity contribution in [1.82, 2.24) is 5.43 Å². The van der Waals surface area contributed by atoms with Crippen LogP contribution in [0.3, 0.4) is 0 Å². The zero-order chi connectivity index (χ0) is 20.8. The predicted octanol–water partition coefficient (Wildman–Crippen LogP) is 3.55. The van der Waals surface area contributed by atoms with Crippen molar-refractivity contribution in [3.05, 3.63) is 75.8 Å². The Labute approximate surface area is 166 Å². The molecule has 8 nitrogen and oxygen atoms in total. The molecule has 0 fully saturated rings. The third-order valence-corrected chi connectivity index (χ3v) is 4.21. The molecule has 0 bridgehead atoms. The summed E-state index contributed by atoms with van der Waals surface area (Å²) in [6.45, 7) is 1.92. The number of benzene rings is 3. The van der Waals surface area contributed by atoms with Crippen LogP contribution in [0.25, 0.3) is 10.8 Å². The molecule has 2 N–H and O–H groups in total. The van der Waals surface area contributed by atoms with Gasteiger partial charge in [-0.15, -0.1) is 0 Å². The van der Waals surface area contributed by atoms with Gasteiger partial charge in [0.2, 0.25) is 11.7 Å². The van der Waals surface area contributed by atoms with Gasteiger partial charge in [-0.1, -0.05) is 42.5 Å². The molecule has 0 aliphatic rings. The Balaban J connectivity index is 1.73. The predicted molar refractivity (Wildman–Crippen MR) is 109 cm³/mol. The van der Waals surface area contributed by atoms with Gasteiger partial charge in [0.15, 0.2) is 5.75 Å². The number of carbonyl (C=O) groups excluding carboxylic acids is 1. The fourth-order valence-electron chi connectivity index (χ4n) is 2.93. The molecule has 0 heterocycles. The largest absolute Gasteiger partial charge is 0.500 e. The number of carbonyl (C=O) groups is 1. The lowest BCUT2D eigenvalue weighted by Gasteiger charge is -2.07. The quantitative estimate of drug-likeness (QED) is 0.362. The van der Waals surface area contributed by atoms with Crippen molar-refractivity contribution >= 4 is 28.6 Å². The molecule has 3 aromatic rings. The number of nitro benzene ring substituents is 1. The number of fused-ring (bicyclic) bond motifs is 1. The molecule has 0 atom stereocenters. The van der Waals surface area contributed by atoms with E-state index in [2.05, 4.69) is 10.5 Å². The molecule has 1 amide bonds. The van der Waals surface area contributed by atoms with Crippen LogP contribution in [0.5, 0.6) is 11.5 Å². The van der Waals surface area contributed by atoms with Gasteiger partial charge in [0.05, 0.1) is 24.2 Å². The van der Waals surface area contributed by atoms with Crippen molar-refractivity contribution in [3.63, 3.8) is 0 Å². The fourth-order valence-corrected chi connectivity index (χ4v) is 2.93. The van der Waals surface area contributed by atoms with E-state index in [1.54, 1.807) is 6.92 Å². The first-order chi connectivity index (χ1) is 14.0. The topological polar surface area (TPSA) is 114 Å². The summed E-state index contributed by atoms with van der Waals surface area (Å²) >= 11 is 0. The van der Waals surface area contributed by atoms with E-state index in [-0.39, 0.29) is 24.7 Å². The number of rotatable bonds is 7. The number of aromatic hydroxyl groups is 1. The van der Waals surface area contributed by atoms with Crippen LogP contribution in [-0.4, -0.2) is 28.8 Å². The zero-order valence-corrected chi connectivity index (χ0v) is 15.7. The number of nitrogens with zero attached hydrogens (tertiary/aromatic N) is 2. The molecule has 3 aromatic carbocycles. The van der Waals surface area contributed by atoms with Gasteiger partial charge in [-0.3, -0.25) is 14.9 Å². The first-order valence-corrected chi connectivity index (χ1v) is 8.92. The minimum Gasteiger partial charge on any atom is -0.500 e. The molecule has 0 aliphatic carbocycles. The summed E-state index contributed by atoms with van der Waals surface area (Å²) in [5.74, 6) is -0.893. The van der Waals surface area contributed by atoms with Gasteiger partial charge in [0.25, 0.3) is 0 Å². The van der Waals surface area contributed by atoms with Crippen molar-refractivity contribution in [1.29, 1.82) is 0 Å². The lowest BCUT2D eigenvalue weighted by molar-refractivity contribution is -0.386. The molecule has 0 unspecified atom stereocenters. The summed E-state index contributed by atoms with van der Waals surface area (Å²) in [5, 5.41) is 26.9. The minimum absolute atomic E-state index is 0.0229. The molecule has 3 rings (SSSR count). The van der Waals surface area contributed by atoms with E-state index in [1.807, 2.05) is 42.5 Å². The number of nitrogens with one attached hydrogen (secondary N) is 1. The summed E-state index contributed by atoms with van der Waals surface area (Å²) in [5.41, 5.74) is 3.09. The Morgan fingerprint density at radius 1 is 1.24 bits per heavy atom. The van der Waals surface area contributed by atoms with E-state index in [9.17, 15) is 20.0 Å². The highest BCUT2D eigenvalue weighted by Gasteiger charge is 2.19. The Morgan fingerprint density at radius 3 is 2.76 bits per heavy atom. The first kappa shape index (κ1) is 19.8. The second-order valence-electron chi connectivity index (χ2n) is 6.19. The molecule has 0 aliphatic heterocycles. The van der Waals surface area contributed by atoms with E-state index < -0.39 is 16.4 Å². The highest BCUT2D eigenvalue weighted by Crippen LogP contribution is 2.36. The SMILES string of the molecule is CCOc1cc(/C=N\NC(=O)Cc2cccc3ccccc23)cc([N+](=O)[O-])c1O. The van der Waals surface area contributed by atoms with Crippen molar-refractivity contribution in [2.24, 2.45) is 5.10 Å². The Morgan fingerprint density at radius 2 is 2.00 bits per heavy atom. The van der Waals surface area contributed by atoms with Crippen LogP contribution in [-0.2, 0) is 11.2 Å². The highest BCUT2D eigenvalue weighted by atomic mass is 16.6. The highest BCUT2D eigenvalue weighted by molar-refractivity contribution is 5.91. The average Bonchev–Trinajstić information content (AvgIpc) is 2.70. The summed E-state index contributed by atoms with van der Waals surface area (Å²) in [6.07, 6.45) is 1.40. The Bertz CT molecular complexity index is 1090. The van der Waals surface area contributed by atoms with Crippen molar-refractivity contribution in [2.75, 3.05) is 6.61 Å². The third kappa shape index (κ3) is 4.67. The Hall–Kier alpha value is -3.94. The summed E-state index contributed by atoms with van der Waals surface area (Å²) in [6, 6.07) is 16.1. The lowest BCUT2D eigenvalue weighted by Crippen LogP contribution is -2.19. The van der Waals surface area contributed by atoms with Crippen LogP contribution in [0, 0.1) is 10.1 Å². The van der Waals surface area contributed by atoms with E-state index in [0.717, 1.165) is 22.4 Å². The maximum atomic E-state index is 12.2. The molecular weight excluding hydrogens is 374 g/mol. The van der Waals surface area contributed by atoms with Gasteiger partial charge in [0.1, 0.15) is 0 Å². The number of phenolic OH excluding ortho intramolecular Hbond substituents is 1. The molecule has 0 aromatic heterocycles. The number of phenols is 1. The summed E-state index contributed by atoms with van der Waals surface area (Å²) in [7, 11) is 0. The molecule has 0 spiro atoms. The van der Waals surface area contributed by atoms with E-state index in [1.165, 1.54) is 12.3 Å². The van der Waals surface area contributed by atoms with Crippen molar-refractivity contribution in [3.8, 4) is 11.5 Å². The van der Waals surface area contributed by atoms with Crippen LogP contribution >= 0.6 is 0 Å². The first-order valence-electron chi connectivity index (χ1n) is 8.92. The number of hydrogen-bond acceptors (Lipinski definition) is 6. The number of amides is 1. The van der Waals surface area contributed by atoms with E-state index in [4.69, 9.17) is 4.74 Å². The molecule has 0 radical (unpaired) electrons. The fraction of sp³-hybridized carbons (Fsp3) is 0.143. The van der Waals surface area contributed by atoms with Gasteiger partial charge in [-0.2, -0.15) is 5.10 Å². The number of hydrogen-bond donors (Lipinski definition) is 2. The van der Waals surface area contributed by atoms with Crippen LogP contribution in [0.2, 0.25) is 0 Å². The molecule has 29 heavy (non-hydrogen) atoms. The zero-order valence-electron chi connectivity index (χ0n) is 15.7. The second kappa shape index (κ2) is 8.83. The molecule has 8 heteroatoms. The number of nitro groups is 1. The summed E-state index contributed by atoms with van der Waals surface area (Å²) < 4.78 is 5.21. The minimum atomic E-state index is -0.714. The smallest absolute Gasteiger partial charge is 0.315 e. The second-order valence-corrected chi connectivity index (χ2v) is 6.19. The molecule has 0 saturated carbocycles. The monoisotopic (exact) mass is 393 g/mol. The standard InChI is InChI=1S/C21H19N3O5/c1-2-29-19-11-14(10-18(21(19)26)24(27)28)13-22-23-20(25)12-16-8-5-7-15-6-3-4-9-17(15)16/h3-11,13,26H,2,12H2,1H3,(H,23,25)/b22-13-. The van der Waals surface area contributed by atoms with E-state index >= 15 is 0 Å². The van der Waals surface area contributed by atoms with Crippen molar-refractivity contribution in [2.45, 2.75) is 13.3 Å². The van der Waals surface area contributed by atoms with E-state index in [0.29, 0.717) is 5.56 Å². The summed E-state index contributed by atoms with van der Waals surface area (Å²) in [4.78, 5) is 22.6. The molecule has 148 valence electrons. The van der Waals surface area contributed by atoms with Crippen LogP contribution in [0.4, 0.5) is 5.69 Å². The maximum absolute atomic E-state index is 12.2. The third-order valence-electron chi connectivity index (χ3n) is 4.21. The maximum Gasteiger partial charge on any atom is 0.315 e. The van der Waals surface area contributed by atoms with Gasteiger partial charge >= 0.3 is 5.69 Å². The van der Waals surface area contributed by atoms with Gasteiger partial charge in [-0.25, -0.2) is 5.43 Å². The van der Waals surface area contributed by atoms with Gasteiger partial charge in [-0.05, 0) is 29.3 Å². The number of hydrazone groups is 1. The molecule has 0 saturated heterocycles. The van der Waals surface area contributed by atoms with Crippen LogP contribution in [0.1, 0.15) is 18.1 Å².